The Morgan fingerprint density at radius 2 is 1.25 bits per heavy atom. The van der Waals surface area contributed by atoms with Crippen molar-refractivity contribution in [3.8, 4) is 0 Å². The second kappa shape index (κ2) is 17.5. The van der Waals surface area contributed by atoms with Gasteiger partial charge in [0.1, 0.15) is 13.2 Å². The van der Waals surface area contributed by atoms with Crippen molar-refractivity contribution in [1.29, 1.82) is 0 Å². The monoisotopic (exact) mass is 500 g/mol. The zero-order valence-electron chi connectivity index (χ0n) is 21.1. The lowest BCUT2D eigenvalue weighted by Crippen LogP contribution is -2.37. The fourth-order valence-electron chi connectivity index (χ4n) is 3.70. The molecule has 7 nitrogen and oxygen atoms in total. The summed E-state index contributed by atoms with van der Waals surface area (Å²) in [6.07, 6.45) is 15.2. The number of unbranched alkanes of at least 4 members (excludes halogenated alkanes) is 11. The van der Waals surface area contributed by atoms with Gasteiger partial charge in [0, 0.05) is 0 Å². The lowest BCUT2D eigenvalue weighted by atomic mass is 10.0. The first kappa shape index (κ1) is 32.0. The number of quaternary nitrogens is 1. The average Bonchev–Trinajstić information content (AvgIpc) is 2.65. The molecular weight excluding hydrogens is 449 g/mol. The highest BCUT2D eigenvalue weighted by Crippen LogP contribution is 2.43. The highest BCUT2D eigenvalue weighted by atomic mass is 32.2. The maximum absolute atomic E-state index is 12.1. The molecule has 9 heteroatoms. The summed E-state index contributed by atoms with van der Waals surface area (Å²) >= 11 is 0. The number of rotatable bonds is 22. The summed E-state index contributed by atoms with van der Waals surface area (Å²) in [5.41, 5.74) is 0. The fraction of sp³-hybridized carbons (Fsp3) is 1.00. The molecule has 2 atom stereocenters. The summed E-state index contributed by atoms with van der Waals surface area (Å²) in [4.78, 5) is 9.93. The zero-order valence-corrected chi connectivity index (χ0v) is 22.8. The van der Waals surface area contributed by atoms with E-state index in [4.69, 9.17) is 4.52 Å². The largest absolute Gasteiger partial charge is 0.329 e. The van der Waals surface area contributed by atoms with E-state index in [0.29, 0.717) is 17.4 Å². The molecule has 0 aromatic carbocycles. The van der Waals surface area contributed by atoms with Gasteiger partial charge in [-0.05, 0) is 19.3 Å². The van der Waals surface area contributed by atoms with Crippen LogP contribution in [0.2, 0.25) is 0 Å². The topological polar surface area (TPSA) is 101 Å². The van der Waals surface area contributed by atoms with Crippen LogP contribution in [0.25, 0.3) is 0 Å². The SMILES string of the molecule is CCCCCCCCCCCCCCC(CCCP(=O)(O)OCC[N+](C)(C)C)S(=O)(=O)O. The Hall–Kier alpha value is 0.0200. The van der Waals surface area contributed by atoms with Gasteiger partial charge in [-0.1, -0.05) is 84.0 Å². The van der Waals surface area contributed by atoms with Gasteiger partial charge in [0.2, 0.25) is 0 Å². The van der Waals surface area contributed by atoms with Crippen LogP contribution in [-0.4, -0.2) is 68.1 Å². The third kappa shape index (κ3) is 20.6. The van der Waals surface area contributed by atoms with Crippen LogP contribution in [0.15, 0.2) is 0 Å². The van der Waals surface area contributed by atoms with E-state index in [2.05, 4.69) is 6.92 Å². The van der Waals surface area contributed by atoms with Crippen molar-refractivity contribution in [2.24, 2.45) is 0 Å². The van der Waals surface area contributed by atoms with E-state index in [1.165, 1.54) is 57.8 Å². The van der Waals surface area contributed by atoms with Gasteiger partial charge >= 0.3 is 7.60 Å². The van der Waals surface area contributed by atoms with E-state index in [-0.39, 0.29) is 25.6 Å². The Balaban J connectivity index is 3.97. The van der Waals surface area contributed by atoms with Gasteiger partial charge in [-0.2, -0.15) is 8.42 Å². The predicted molar refractivity (Wildman–Crippen MR) is 134 cm³/mol. The summed E-state index contributed by atoms with van der Waals surface area (Å²) in [5, 5.41) is -0.864. The Morgan fingerprint density at radius 1 is 0.812 bits per heavy atom. The molecule has 32 heavy (non-hydrogen) atoms. The molecule has 0 saturated heterocycles. The van der Waals surface area contributed by atoms with Crippen LogP contribution in [0.1, 0.15) is 103 Å². The van der Waals surface area contributed by atoms with Gasteiger partial charge < -0.3 is 13.9 Å². The number of hydrogen-bond donors (Lipinski definition) is 2. The van der Waals surface area contributed by atoms with E-state index >= 15 is 0 Å². The minimum atomic E-state index is -4.15. The van der Waals surface area contributed by atoms with Crippen LogP contribution in [0, 0.1) is 0 Å². The number of hydrogen-bond acceptors (Lipinski definition) is 4. The lowest BCUT2D eigenvalue weighted by molar-refractivity contribution is -0.870. The highest BCUT2D eigenvalue weighted by molar-refractivity contribution is 7.86. The van der Waals surface area contributed by atoms with Gasteiger partial charge in [0.05, 0.1) is 32.6 Å². The van der Waals surface area contributed by atoms with E-state index in [1.807, 2.05) is 21.1 Å². The second-order valence-corrected chi connectivity index (χ2v) is 13.8. The zero-order chi connectivity index (χ0) is 24.5. The molecule has 0 radical (unpaired) electrons. The maximum Gasteiger partial charge on any atom is 0.328 e. The maximum atomic E-state index is 12.1. The molecule has 0 aliphatic carbocycles. The Labute approximate surface area is 198 Å². The molecule has 2 unspecified atom stereocenters. The molecule has 0 spiro atoms. The summed E-state index contributed by atoms with van der Waals surface area (Å²) in [6, 6.07) is 0. The molecule has 0 amide bonds. The number of likely N-dealkylation sites (N-methyl/N-ethyl adjacent to an activating group) is 1. The van der Waals surface area contributed by atoms with E-state index in [0.717, 1.165) is 19.3 Å². The van der Waals surface area contributed by atoms with E-state index in [1.54, 1.807) is 0 Å². The van der Waals surface area contributed by atoms with Gasteiger partial charge in [-0.15, -0.1) is 0 Å². The molecule has 0 rings (SSSR count). The van der Waals surface area contributed by atoms with Crippen molar-refractivity contribution in [2.45, 2.75) is 108 Å². The first-order chi connectivity index (χ1) is 14.9. The lowest BCUT2D eigenvalue weighted by Gasteiger charge is -2.24. The fourth-order valence-corrected chi connectivity index (χ4v) is 5.70. The van der Waals surface area contributed by atoms with E-state index < -0.39 is 23.0 Å². The Bertz CT molecular complexity index is 606. The summed E-state index contributed by atoms with van der Waals surface area (Å²) < 4.78 is 50.8. The third-order valence-corrected chi connectivity index (χ3v) is 8.60. The van der Waals surface area contributed by atoms with Crippen LogP contribution in [-0.2, 0) is 19.2 Å². The van der Waals surface area contributed by atoms with Gasteiger partial charge in [-0.3, -0.25) is 9.12 Å². The molecule has 0 aliphatic rings. The standard InChI is InChI=1S/C23H50NO6PS/c1-5-6-7-8-9-10-11-12-13-14-15-16-18-23(32(27,28)29)19-17-22-31(25,26)30-21-20-24(2,3)4/h23H,5-22H2,1-4H3,(H-,25,26,27,28,29)/p+1. The van der Waals surface area contributed by atoms with Crippen molar-refractivity contribution >= 4 is 17.7 Å². The molecular formula is C23H51NO6PS+. The van der Waals surface area contributed by atoms with Gasteiger partial charge in [0.25, 0.3) is 10.1 Å². The van der Waals surface area contributed by atoms with Crippen LogP contribution in [0.4, 0.5) is 0 Å². The van der Waals surface area contributed by atoms with Crippen molar-refractivity contribution in [3.63, 3.8) is 0 Å². The average molecular weight is 501 g/mol. The van der Waals surface area contributed by atoms with Crippen molar-refractivity contribution in [1.82, 2.24) is 0 Å². The minimum absolute atomic E-state index is 0.0887. The molecule has 0 heterocycles. The molecule has 0 aliphatic heterocycles. The molecule has 0 bridgehead atoms. The van der Waals surface area contributed by atoms with Crippen LogP contribution < -0.4 is 0 Å². The summed E-state index contributed by atoms with van der Waals surface area (Å²) in [7, 11) is -1.97. The summed E-state index contributed by atoms with van der Waals surface area (Å²) in [5.74, 6) is 0. The predicted octanol–water partition coefficient (Wildman–Crippen LogP) is 6.02. The van der Waals surface area contributed by atoms with Gasteiger partial charge in [-0.25, -0.2) is 0 Å². The van der Waals surface area contributed by atoms with Crippen LogP contribution in [0.5, 0.6) is 0 Å². The molecule has 0 saturated carbocycles. The van der Waals surface area contributed by atoms with Crippen LogP contribution in [0.3, 0.4) is 0 Å². The molecule has 194 valence electrons. The van der Waals surface area contributed by atoms with Crippen molar-refractivity contribution < 1.29 is 31.4 Å². The molecule has 0 aromatic rings. The minimum Gasteiger partial charge on any atom is -0.329 e. The van der Waals surface area contributed by atoms with Crippen LogP contribution >= 0.6 is 7.60 Å². The third-order valence-electron chi connectivity index (χ3n) is 5.82. The van der Waals surface area contributed by atoms with Gasteiger partial charge in [0.15, 0.2) is 0 Å². The number of nitrogens with zero attached hydrogens (tertiary/aromatic N) is 1. The summed E-state index contributed by atoms with van der Waals surface area (Å²) in [6.45, 7) is 3.02. The molecule has 0 aromatic heterocycles. The molecule has 0 fully saturated rings. The van der Waals surface area contributed by atoms with Crippen molar-refractivity contribution in [3.05, 3.63) is 0 Å². The smallest absolute Gasteiger partial charge is 0.328 e. The Morgan fingerprint density at radius 3 is 1.69 bits per heavy atom. The first-order valence-electron chi connectivity index (χ1n) is 12.6. The molecule has 2 N–H and O–H groups in total. The first-order valence-corrected chi connectivity index (χ1v) is 15.9. The van der Waals surface area contributed by atoms with E-state index in [9.17, 15) is 22.4 Å². The Kier molecular flexibility index (Phi) is 17.5. The second-order valence-electron chi connectivity index (χ2n) is 10.2. The quantitative estimate of drug-likeness (QED) is 0.0815. The van der Waals surface area contributed by atoms with Crippen molar-refractivity contribution in [2.75, 3.05) is 40.5 Å². The highest BCUT2D eigenvalue weighted by Gasteiger charge is 2.25. The normalized spacial score (nSPS) is 15.6.